The van der Waals surface area contributed by atoms with Crippen LogP contribution in [0.2, 0.25) is 0 Å². The predicted octanol–water partition coefficient (Wildman–Crippen LogP) is 2.93. The van der Waals surface area contributed by atoms with Gasteiger partial charge in [-0.2, -0.15) is 13.2 Å². The van der Waals surface area contributed by atoms with Crippen LogP contribution in [0.1, 0.15) is 37.3 Å². The Hall–Kier alpha value is -1.80. The molecule has 2 fully saturated rings. The normalized spacial score (nSPS) is 20.6. The van der Waals surface area contributed by atoms with E-state index in [0.717, 1.165) is 76.7 Å². The number of halogens is 3. The van der Waals surface area contributed by atoms with E-state index >= 15 is 0 Å². The Labute approximate surface area is 177 Å². The van der Waals surface area contributed by atoms with Gasteiger partial charge in [-0.1, -0.05) is 31.5 Å². The van der Waals surface area contributed by atoms with Crippen molar-refractivity contribution in [2.45, 2.75) is 37.8 Å². The summed E-state index contributed by atoms with van der Waals surface area (Å²) in [4.78, 5) is 9.20. The monoisotopic (exact) mass is 425 g/mol. The second kappa shape index (κ2) is 10.0. The number of rotatable bonds is 7. The Morgan fingerprint density at radius 2 is 1.80 bits per heavy atom. The molecule has 1 aromatic carbocycles. The van der Waals surface area contributed by atoms with Crippen LogP contribution in [0.3, 0.4) is 0 Å². The van der Waals surface area contributed by atoms with Gasteiger partial charge in [0.1, 0.15) is 0 Å². The molecule has 3 rings (SSSR count). The molecule has 2 N–H and O–H groups in total. The van der Waals surface area contributed by atoms with E-state index in [4.69, 9.17) is 0 Å². The number of aliphatic imine (C=N–C) groups is 1. The highest BCUT2D eigenvalue weighted by Crippen LogP contribution is 2.44. The van der Waals surface area contributed by atoms with Gasteiger partial charge in [-0.25, -0.2) is 0 Å². The molecule has 30 heavy (non-hydrogen) atoms. The minimum Gasteiger partial charge on any atom is -0.356 e. The van der Waals surface area contributed by atoms with Crippen molar-refractivity contribution in [3.05, 3.63) is 35.4 Å². The van der Waals surface area contributed by atoms with Crippen LogP contribution in [0.15, 0.2) is 29.3 Å². The van der Waals surface area contributed by atoms with Crippen LogP contribution in [0.25, 0.3) is 0 Å². The standard InChI is InChI=1S/C22H34F3N5/c1-3-29-12-14-30(15-13-29)11-10-27-20(26-2)28-17-21(8-5-9-21)18-6-4-7-19(16-18)22(23,24)25/h4,6-7,16H,3,5,8-15,17H2,1-2H3,(H2,26,27,28). The van der Waals surface area contributed by atoms with Crippen molar-refractivity contribution < 1.29 is 13.2 Å². The summed E-state index contributed by atoms with van der Waals surface area (Å²) in [5.41, 5.74) is -0.0627. The van der Waals surface area contributed by atoms with Crippen LogP contribution in [0.5, 0.6) is 0 Å². The molecule has 0 amide bonds. The minimum atomic E-state index is -4.31. The van der Waals surface area contributed by atoms with Crippen molar-refractivity contribution in [2.75, 3.05) is 59.4 Å². The molecular formula is C22H34F3N5. The summed E-state index contributed by atoms with van der Waals surface area (Å²) in [5, 5.41) is 6.71. The maximum Gasteiger partial charge on any atom is 0.416 e. The first kappa shape index (κ1) is 22.9. The number of hydrogen-bond donors (Lipinski definition) is 2. The van der Waals surface area contributed by atoms with E-state index in [1.165, 1.54) is 12.1 Å². The Balaban J connectivity index is 1.50. The number of hydrogen-bond acceptors (Lipinski definition) is 3. The molecule has 0 atom stereocenters. The lowest BCUT2D eigenvalue weighted by atomic mass is 9.64. The second-order valence-electron chi connectivity index (χ2n) is 8.34. The zero-order chi connectivity index (χ0) is 21.6. The summed E-state index contributed by atoms with van der Waals surface area (Å²) >= 11 is 0. The van der Waals surface area contributed by atoms with Gasteiger partial charge in [-0.15, -0.1) is 0 Å². The zero-order valence-corrected chi connectivity index (χ0v) is 18.1. The Kier molecular flexibility index (Phi) is 7.63. The first-order chi connectivity index (χ1) is 14.4. The molecule has 0 bridgehead atoms. The third-order valence-electron chi connectivity index (χ3n) is 6.56. The number of piperazine rings is 1. The van der Waals surface area contributed by atoms with Gasteiger partial charge in [0.15, 0.2) is 5.96 Å². The maximum atomic E-state index is 13.1. The molecule has 0 aromatic heterocycles. The smallest absolute Gasteiger partial charge is 0.356 e. The molecule has 2 aliphatic rings. The van der Waals surface area contributed by atoms with E-state index < -0.39 is 11.7 Å². The molecule has 5 nitrogen and oxygen atoms in total. The van der Waals surface area contributed by atoms with Gasteiger partial charge in [0.05, 0.1) is 5.56 Å². The van der Waals surface area contributed by atoms with E-state index in [2.05, 4.69) is 32.3 Å². The third kappa shape index (κ3) is 5.66. The summed E-state index contributed by atoms with van der Waals surface area (Å²) in [6.07, 6.45) is -1.50. The van der Waals surface area contributed by atoms with Crippen molar-refractivity contribution in [3.8, 4) is 0 Å². The summed E-state index contributed by atoms with van der Waals surface area (Å²) < 4.78 is 39.4. The maximum absolute atomic E-state index is 13.1. The fourth-order valence-corrected chi connectivity index (χ4v) is 4.33. The molecule has 1 aromatic rings. The first-order valence-electron chi connectivity index (χ1n) is 10.9. The molecule has 168 valence electrons. The topological polar surface area (TPSA) is 42.9 Å². The average molecular weight is 426 g/mol. The number of benzene rings is 1. The van der Waals surface area contributed by atoms with Crippen LogP contribution in [-0.2, 0) is 11.6 Å². The first-order valence-corrected chi connectivity index (χ1v) is 10.9. The van der Waals surface area contributed by atoms with Gasteiger partial charge in [-0.05, 0) is 31.0 Å². The molecule has 1 aliphatic heterocycles. The number of alkyl halides is 3. The predicted molar refractivity (Wildman–Crippen MR) is 115 cm³/mol. The number of nitrogens with zero attached hydrogens (tertiary/aromatic N) is 3. The highest BCUT2D eigenvalue weighted by Gasteiger charge is 2.40. The van der Waals surface area contributed by atoms with Gasteiger partial charge < -0.3 is 15.5 Å². The summed E-state index contributed by atoms with van der Waals surface area (Å²) in [5.74, 6) is 0.709. The van der Waals surface area contributed by atoms with E-state index in [1.54, 1.807) is 7.05 Å². The summed E-state index contributed by atoms with van der Waals surface area (Å²) in [7, 11) is 1.73. The second-order valence-corrected chi connectivity index (χ2v) is 8.34. The van der Waals surface area contributed by atoms with Gasteiger partial charge >= 0.3 is 6.18 Å². The molecule has 8 heteroatoms. The molecular weight excluding hydrogens is 391 g/mol. The van der Waals surface area contributed by atoms with Crippen molar-refractivity contribution in [3.63, 3.8) is 0 Å². The van der Waals surface area contributed by atoms with Crippen LogP contribution in [0, 0.1) is 0 Å². The molecule has 1 saturated heterocycles. The summed E-state index contributed by atoms with van der Waals surface area (Å²) in [6, 6.07) is 5.79. The number of guanidine groups is 1. The van der Waals surface area contributed by atoms with Crippen LogP contribution < -0.4 is 10.6 Å². The van der Waals surface area contributed by atoms with E-state index in [1.807, 2.05) is 6.07 Å². The minimum absolute atomic E-state index is 0.255. The lowest BCUT2D eigenvalue weighted by Crippen LogP contribution is -2.51. The lowest BCUT2D eigenvalue weighted by molar-refractivity contribution is -0.137. The van der Waals surface area contributed by atoms with Gasteiger partial charge in [-0.3, -0.25) is 9.89 Å². The van der Waals surface area contributed by atoms with Crippen LogP contribution in [-0.4, -0.2) is 75.2 Å². The fourth-order valence-electron chi connectivity index (χ4n) is 4.33. The zero-order valence-electron chi connectivity index (χ0n) is 18.1. The Morgan fingerprint density at radius 1 is 1.10 bits per heavy atom. The Morgan fingerprint density at radius 3 is 2.37 bits per heavy atom. The Bertz CT molecular complexity index is 707. The molecule has 0 spiro atoms. The lowest BCUT2D eigenvalue weighted by Gasteiger charge is -2.43. The van der Waals surface area contributed by atoms with Crippen LogP contribution >= 0.6 is 0 Å². The van der Waals surface area contributed by atoms with Crippen molar-refractivity contribution in [1.82, 2.24) is 20.4 Å². The fraction of sp³-hybridized carbons (Fsp3) is 0.682. The third-order valence-corrected chi connectivity index (χ3v) is 6.56. The number of nitrogens with one attached hydrogen (secondary N) is 2. The van der Waals surface area contributed by atoms with Crippen molar-refractivity contribution in [2.24, 2.45) is 4.99 Å². The highest BCUT2D eigenvalue weighted by molar-refractivity contribution is 5.79. The van der Waals surface area contributed by atoms with Gasteiger partial charge in [0.25, 0.3) is 0 Å². The van der Waals surface area contributed by atoms with Crippen molar-refractivity contribution >= 4 is 5.96 Å². The molecule has 1 saturated carbocycles. The molecule has 0 unspecified atom stereocenters. The quantitative estimate of drug-likeness (QED) is 0.521. The SMILES string of the molecule is CCN1CCN(CCNC(=NC)NCC2(c3cccc(C(F)(F)F)c3)CCC2)CC1. The summed E-state index contributed by atoms with van der Waals surface area (Å²) in [6.45, 7) is 10.0. The van der Waals surface area contributed by atoms with Crippen LogP contribution in [0.4, 0.5) is 13.2 Å². The van der Waals surface area contributed by atoms with Gasteiger partial charge in [0.2, 0.25) is 0 Å². The average Bonchev–Trinajstić information content (AvgIpc) is 2.71. The molecule has 1 aliphatic carbocycles. The molecule has 1 heterocycles. The number of likely N-dealkylation sites (N-methyl/N-ethyl adjacent to an activating group) is 1. The van der Waals surface area contributed by atoms with Crippen molar-refractivity contribution in [1.29, 1.82) is 0 Å². The largest absolute Gasteiger partial charge is 0.416 e. The van der Waals surface area contributed by atoms with E-state index in [0.29, 0.717) is 12.5 Å². The van der Waals surface area contributed by atoms with Gasteiger partial charge in [0, 0.05) is 58.3 Å². The van der Waals surface area contributed by atoms with E-state index in [-0.39, 0.29) is 5.41 Å². The highest BCUT2D eigenvalue weighted by atomic mass is 19.4. The molecule has 0 radical (unpaired) electrons. The van der Waals surface area contributed by atoms with E-state index in [9.17, 15) is 13.2 Å².